The van der Waals surface area contributed by atoms with Gasteiger partial charge in [0.15, 0.2) is 0 Å². The van der Waals surface area contributed by atoms with Gasteiger partial charge < -0.3 is 15.4 Å². The molecule has 2 N–H and O–H groups in total. The predicted octanol–water partition coefficient (Wildman–Crippen LogP) is 2.41. The molecule has 0 unspecified atom stereocenters. The molecule has 1 amide bonds. The number of fused-ring (bicyclic) bond motifs is 2. The summed E-state index contributed by atoms with van der Waals surface area (Å²) in [7, 11) is 0. The molecule has 4 rings (SSSR count). The predicted molar refractivity (Wildman–Crippen MR) is 81.9 cm³/mol. The lowest BCUT2D eigenvalue weighted by atomic mass is 10.1. The van der Waals surface area contributed by atoms with Crippen LogP contribution in [-0.2, 0) is 12.8 Å². The first kappa shape index (κ1) is 12.3. The van der Waals surface area contributed by atoms with E-state index in [9.17, 15) is 4.79 Å². The van der Waals surface area contributed by atoms with E-state index in [0.717, 1.165) is 46.7 Å². The highest BCUT2D eigenvalue weighted by atomic mass is 16.5. The Labute approximate surface area is 123 Å². The Balaban J connectivity index is 1.68. The van der Waals surface area contributed by atoms with Gasteiger partial charge in [-0.15, -0.1) is 0 Å². The van der Waals surface area contributed by atoms with Crippen LogP contribution >= 0.6 is 0 Å². The number of nitrogens with zero attached hydrogens (tertiary/aromatic N) is 1. The smallest absolute Gasteiger partial charge is 0.258 e. The van der Waals surface area contributed by atoms with Crippen molar-refractivity contribution in [1.82, 2.24) is 0 Å². The Hall–Kier alpha value is -2.49. The van der Waals surface area contributed by atoms with Crippen molar-refractivity contribution in [3.05, 3.63) is 53.1 Å². The summed E-state index contributed by atoms with van der Waals surface area (Å²) in [4.78, 5) is 14.6. The Kier molecular flexibility index (Phi) is 2.64. The van der Waals surface area contributed by atoms with E-state index in [4.69, 9.17) is 10.5 Å². The Morgan fingerprint density at radius 1 is 1.10 bits per heavy atom. The van der Waals surface area contributed by atoms with Gasteiger partial charge in [0.05, 0.1) is 6.61 Å². The van der Waals surface area contributed by atoms with Crippen LogP contribution in [0, 0.1) is 0 Å². The third kappa shape index (κ3) is 1.95. The molecule has 0 aliphatic carbocycles. The third-order valence-electron chi connectivity index (χ3n) is 4.18. The van der Waals surface area contributed by atoms with E-state index < -0.39 is 0 Å². The minimum absolute atomic E-state index is 0.0493. The zero-order valence-electron chi connectivity index (χ0n) is 11.6. The van der Waals surface area contributed by atoms with Crippen LogP contribution in [-0.4, -0.2) is 19.1 Å². The monoisotopic (exact) mass is 280 g/mol. The molecule has 0 atom stereocenters. The molecule has 0 spiro atoms. The summed E-state index contributed by atoms with van der Waals surface area (Å²) in [6, 6.07) is 11.4. The molecule has 21 heavy (non-hydrogen) atoms. The number of benzene rings is 2. The van der Waals surface area contributed by atoms with Crippen LogP contribution in [0.3, 0.4) is 0 Å². The van der Waals surface area contributed by atoms with Gasteiger partial charge in [0.1, 0.15) is 5.75 Å². The van der Waals surface area contributed by atoms with E-state index in [-0.39, 0.29) is 5.91 Å². The third-order valence-corrected chi connectivity index (χ3v) is 4.18. The zero-order chi connectivity index (χ0) is 14.4. The lowest BCUT2D eigenvalue weighted by Gasteiger charge is -2.18. The van der Waals surface area contributed by atoms with Gasteiger partial charge in [-0.25, -0.2) is 0 Å². The van der Waals surface area contributed by atoms with Crippen LogP contribution in [0.25, 0.3) is 0 Å². The van der Waals surface area contributed by atoms with E-state index in [1.165, 1.54) is 0 Å². The van der Waals surface area contributed by atoms with Crippen molar-refractivity contribution in [2.45, 2.75) is 12.8 Å². The summed E-state index contributed by atoms with van der Waals surface area (Å²) in [6.07, 6.45) is 1.74. The molecule has 4 heteroatoms. The van der Waals surface area contributed by atoms with Crippen LogP contribution in [0.2, 0.25) is 0 Å². The van der Waals surface area contributed by atoms with Crippen molar-refractivity contribution in [2.75, 3.05) is 23.8 Å². The van der Waals surface area contributed by atoms with E-state index in [0.29, 0.717) is 13.2 Å². The Morgan fingerprint density at radius 2 is 2.00 bits per heavy atom. The highest BCUT2D eigenvalue weighted by molar-refractivity contribution is 6.07. The molecule has 4 nitrogen and oxygen atoms in total. The van der Waals surface area contributed by atoms with E-state index in [1.54, 1.807) is 0 Å². The van der Waals surface area contributed by atoms with Crippen molar-refractivity contribution >= 4 is 17.3 Å². The summed E-state index contributed by atoms with van der Waals surface area (Å²) in [5.74, 6) is 0.953. The van der Waals surface area contributed by atoms with Crippen molar-refractivity contribution in [3.8, 4) is 5.75 Å². The van der Waals surface area contributed by atoms with Crippen LogP contribution in [0.1, 0.15) is 21.5 Å². The highest BCUT2D eigenvalue weighted by Gasteiger charge is 2.26. The van der Waals surface area contributed by atoms with E-state index >= 15 is 0 Å². The molecule has 2 aromatic carbocycles. The van der Waals surface area contributed by atoms with Gasteiger partial charge in [-0.2, -0.15) is 0 Å². The molecule has 0 saturated heterocycles. The average molecular weight is 280 g/mol. The maximum absolute atomic E-state index is 12.7. The average Bonchev–Trinajstić information content (AvgIpc) is 3.11. The molecule has 0 saturated carbocycles. The Bertz CT molecular complexity index is 740. The largest absolute Gasteiger partial charge is 0.493 e. The van der Waals surface area contributed by atoms with Crippen LogP contribution in [0.15, 0.2) is 36.4 Å². The number of ether oxygens (including phenoxy) is 1. The first-order valence-corrected chi connectivity index (χ1v) is 7.18. The first-order chi connectivity index (χ1) is 10.2. The molecule has 2 aliphatic rings. The molecule has 0 radical (unpaired) electrons. The minimum atomic E-state index is 0.0493. The summed E-state index contributed by atoms with van der Waals surface area (Å²) in [6.45, 7) is 1.42. The quantitative estimate of drug-likeness (QED) is 0.816. The van der Waals surface area contributed by atoms with Crippen LogP contribution in [0.4, 0.5) is 11.4 Å². The van der Waals surface area contributed by atoms with Crippen molar-refractivity contribution < 1.29 is 9.53 Å². The standard InChI is InChI=1S/C17H16N2O2/c18-14-2-3-15-11(10-14)5-7-19(15)17(20)13-1-4-16-12(9-13)6-8-21-16/h1-4,9-10H,5-8,18H2. The van der Waals surface area contributed by atoms with Crippen molar-refractivity contribution in [1.29, 1.82) is 0 Å². The number of carbonyl (C=O) groups is 1. The number of hydrogen-bond donors (Lipinski definition) is 1. The maximum Gasteiger partial charge on any atom is 0.258 e. The van der Waals surface area contributed by atoms with Gasteiger partial charge in [0.25, 0.3) is 5.91 Å². The van der Waals surface area contributed by atoms with Crippen molar-refractivity contribution in [2.24, 2.45) is 0 Å². The van der Waals surface area contributed by atoms with Crippen LogP contribution in [0.5, 0.6) is 5.75 Å². The van der Waals surface area contributed by atoms with Gasteiger partial charge in [-0.05, 0) is 53.9 Å². The number of rotatable bonds is 1. The highest BCUT2D eigenvalue weighted by Crippen LogP contribution is 2.32. The van der Waals surface area contributed by atoms with Crippen molar-refractivity contribution in [3.63, 3.8) is 0 Å². The molecular formula is C17H16N2O2. The molecule has 106 valence electrons. The van der Waals surface area contributed by atoms with E-state index in [2.05, 4.69) is 0 Å². The molecule has 2 aliphatic heterocycles. The molecule has 2 aromatic rings. The normalized spacial score (nSPS) is 15.5. The van der Waals surface area contributed by atoms with Gasteiger partial charge in [0.2, 0.25) is 0 Å². The summed E-state index contributed by atoms with van der Waals surface area (Å²) >= 11 is 0. The maximum atomic E-state index is 12.7. The molecule has 0 fully saturated rings. The SMILES string of the molecule is Nc1ccc2c(c1)CCN2C(=O)c1ccc2c(c1)CCO2. The number of hydrogen-bond acceptors (Lipinski definition) is 3. The number of nitrogens with two attached hydrogens (primary N) is 1. The number of anilines is 2. The molecular weight excluding hydrogens is 264 g/mol. The van der Waals surface area contributed by atoms with Crippen LogP contribution < -0.4 is 15.4 Å². The first-order valence-electron chi connectivity index (χ1n) is 7.18. The summed E-state index contributed by atoms with van der Waals surface area (Å²) in [5, 5.41) is 0. The lowest BCUT2D eigenvalue weighted by molar-refractivity contribution is 0.0989. The Morgan fingerprint density at radius 3 is 2.90 bits per heavy atom. The number of amides is 1. The molecule has 0 aromatic heterocycles. The molecule has 2 heterocycles. The second kappa shape index (κ2) is 4.52. The number of nitrogen functional groups attached to an aromatic ring is 1. The van der Waals surface area contributed by atoms with Gasteiger partial charge in [0, 0.05) is 29.9 Å². The minimum Gasteiger partial charge on any atom is -0.493 e. The summed E-state index contributed by atoms with van der Waals surface area (Å²) < 4.78 is 5.49. The lowest BCUT2D eigenvalue weighted by Crippen LogP contribution is -2.28. The van der Waals surface area contributed by atoms with Gasteiger partial charge in [-0.3, -0.25) is 4.79 Å². The fourth-order valence-corrected chi connectivity index (χ4v) is 3.11. The fourth-order valence-electron chi connectivity index (χ4n) is 3.11. The van der Waals surface area contributed by atoms with E-state index in [1.807, 2.05) is 41.3 Å². The summed E-state index contributed by atoms with van der Waals surface area (Å²) in [5.41, 5.74) is 10.5. The second-order valence-electron chi connectivity index (χ2n) is 5.52. The van der Waals surface area contributed by atoms with Gasteiger partial charge in [-0.1, -0.05) is 0 Å². The fraction of sp³-hybridized carbons (Fsp3) is 0.235. The topological polar surface area (TPSA) is 55.6 Å². The second-order valence-corrected chi connectivity index (χ2v) is 5.52. The zero-order valence-corrected chi connectivity index (χ0v) is 11.6. The number of carbonyl (C=O) groups excluding carboxylic acids is 1. The molecule has 0 bridgehead atoms. The van der Waals surface area contributed by atoms with Gasteiger partial charge >= 0.3 is 0 Å².